The van der Waals surface area contributed by atoms with E-state index in [4.69, 9.17) is 29.3 Å². The molecule has 36 heavy (non-hydrogen) atoms. The summed E-state index contributed by atoms with van der Waals surface area (Å²) < 4.78 is 22.5. The Morgan fingerprint density at radius 1 is 1.17 bits per heavy atom. The summed E-state index contributed by atoms with van der Waals surface area (Å²) >= 11 is 0. The van der Waals surface area contributed by atoms with Crippen LogP contribution in [0.2, 0.25) is 0 Å². The molecule has 0 amide bonds. The van der Waals surface area contributed by atoms with Gasteiger partial charge in [0.15, 0.2) is 5.75 Å². The number of ether oxygens (including phenoxy) is 3. The van der Waals surface area contributed by atoms with Crippen LogP contribution in [0.4, 0.5) is 5.82 Å². The Bertz CT molecular complexity index is 1650. The molecule has 0 aliphatic carbocycles. The molecule has 1 saturated heterocycles. The van der Waals surface area contributed by atoms with Crippen molar-refractivity contribution >= 4 is 27.7 Å². The Kier molecular flexibility index (Phi) is 5.24. The third kappa shape index (κ3) is 3.42. The Morgan fingerprint density at radius 3 is 2.75 bits per heavy atom. The largest absolute Gasteiger partial charge is 0.497 e. The standard InChI is InChI=1S/C27H22N4O5/c1-33-16-6-7-20-15(12-16)13-18(26(30-20)31-8-10-34-11-9-31)22-19(14-28)25(29)36-24-17-4-2-3-5-21(17)35-27(32)23(22)24/h2-7,12-13,22H,8-11,29H2,1H3. The molecule has 9 heteroatoms. The SMILES string of the molecule is COc1ccc2nc(N3CCOCC3)c(C3C(C#N)=C(N)Oc4c3c(=O)oc3ccccc43)cc2c1. The van der Waals surface area contributed by atoms with Gasteiger partial charge in [0.1, 0.15) is 28.8 Å². The van der Waals surface area contributed by atoms with Gasteiger partial charge in [-0.3, -0.25) is 0 Å². The molecule has 1 unspecified atom stereocenters. The van der Waals surface area contributed by atoms with Crippen molar-refractivity contribution in [3.05, 3.63) is 81.5 Å². The summed E-state index contributed by atoms with van der Waals surface area (Å²) in [6, 6.07) is 16.8. The number of benzene rings is 2. The summed E-state index contributed by atoms with van der Waals surface area (Å²) in [6.07, 6.45) is 0. The van der Waals surface area contributed by atoms with Crippen molar-refractivity contribution in [2.24, 2.45) is 5.73 Å². The summed E-state index contributed by atoms with van der Waals surface area (Å²) in [4.78, 5) is 20.5. The highest BCUT2D eigenvalue weighted by molar-refractivity contribution is 5.88. The molecule has 2 aliphatic heterocycles. The molecular weight excluding hydrogens is 460 g/mol. The van der Waals surface area contributed by atoms with E-state index in [1.165, 1.54) is 0 Å². The molecule has 0 radical (unpaired) electrons. The van der Waals surface area contributed by atoms with E-state index in [9.17, 15) is 10.1 Å². The summed E-state index contributed by atoms with van der Waals surface area (Å²) in [5.41, 5.74) is 7.84. The van der Waals surface area contributed by atoms with Gasteiger partial charge in [0.2, 0.25) is 5.88 Å². The lowest BCUT2D eigenvalue weighted by molar-refractivity contribution is 0.122. The van der Waals surface area contributed by atoms with Gasteiger partial charge in [-0.1, -0.05) is 12.1 Å². The summed E-state index contributed by atoms with van der Waals surface area (Å²) in [6.45, 7) is 2.32. The average molecular weight is 482 g/mol. The molecule has 2 N–H and O–H groups in total. The van der Waals surface area contributed by atoms with E-state index in [1.54, 1.807) is 25.3 Å². The minimum Gasteiger partial charge on any atom is -0.497 e. The number of nitrogens with zero attached hydrogens (tertiary/aromatic N) is 3. The Morgan fingerprint density at radius 2 is 1.97 bits per heavy atom. The maximum Gasteiger partial charge on any atom is 0.344 e. The van der Waals surface area contributed by atoms with Crippen LogP contribution < -0.4 is 25.7 Å². The fraction of sp³-hybridized carbons (Fsp3) is 0.222. The second-order valence-electron chi connectivity index (χ2n) is 8.61. The van der Waals surface area contributed by atoms with Crippen molar-refractivity contribution in [3.63, 3.8) is 0 Å². The van der Waals surface area contributed by atoms with Crippen molar-refractivity contribution < 1.29 is 18.6 Å². The smallest absolute Gasteiger partial charge is 0.344 e. The third-order valence-electron chi connectivity index (χ3n) is 6.63. The minimum atomic E-state index is -0.833. The first-order valence-electron chi connectivity index (χ1n) is 11.5. The molecular formula is C27H22N4O5. The molecule has 2 aliphatic rings. The zero-order valence-corrected chi connectivity index (χ0v) is 19.5. The van der Waals surface area contributed by atoms with E-state index in [2.05, 4.69) is 11.0 Å². The molecule has 1 fully saturated rings. The molecule has 180 valence electrons. The molecule has 0 bridgehead atoms. The highest BCUT2D eigenvalue weighted by atomic mass is 16.5. The van der Waals surface area contributed by atoms with Crippen LogP contribution in [0.25, 0.3) is 21.9 Å². The lowest BCUT2D eigenvalue weighted by Crippen LogP contribution is -2.38. The van der Waals surface area contributed by atoms with Gasteiger partial charge in [-0.25, -0.2) is 9.78 Å². The van der Waals surface area contributed by atoms with Crippen LogP contribution in [0.1, 0.15) is 17.0 Å². The van der Waals surface area contributed by atoms with Gasteiger partial charge < -0.3 is 29.3 Å². The molecule has 4 heterocycles. The van der Waals surface area contributed by atoms with E-state index in [0.717, 1.165) is 10.9 Å². The van der Waals surface area contributed by atoms with Gasteiger partial charge in [-0.2, -0.15) is 5.26 Å². The topological polar surface area (TPSA) is 124 Å². The second-order valence-corrected chi connectivity index (χ2v) is 8.61. The zero-order chi connectivity index (χ0) is 24.8. The van der Waals surface area contributed by atoms with Crippen LogP contribution in [-0.4, -0.2) is 38.4 Å². The Labute approximate surface area is 205 Å². The van der Waals surface area contributed by atoms with Crippen LogP contribution in [0, 0.1) is 11.3 Å². The molecule has 1 atom stereocenters. The highest BCUT2D eigenvalue weighted by Crippen LogP contribution is 2.46. The zero-order valence-electron chi connectivity index (χ0n) is 19.5. The number of fused-ring (bicyclic) bond motifs is 4. The van der Waals surface area contributed by atoms with Crippen molar-refractivity contribution in [2.75, 3.05) is 38.3 Å². The van der Waals surface area contributed by atoms with Crippen LogP contribution in [0.3, 0.4) is 0 Å². The van der Waals surface area contributed by atoms with Gasteiger partial charge in [-0.05, 0) is 36.4 Å². The lowest BCUT2D eigenvalue weighted by atomic mass is 9.83. The van der Waals surface area contributed by atoms with Crippen LogP contribution in [0.5, 0.6) is 11.5 Å². The Balaban J connectivity index is 1.68. The number of hydrogen-bond acceptors (Lipinski definition) is 9. The third-order valence-corrected chi connectivity index (χ3v) is 6.63. The monoisotopic (exact) mass is 482 g/mol. The van der Waals surface area contributed by atoms with Crippen molar-refractivity contribution in [3.8, 4) is 17.6 Å². The summed E-state index contributed by atoms with van der Waals surface area (Å²) in [5, 5.41) is 11.5. The first kappa shape index (κ1) is 21.9. The van der Waals surface area contributed by atoms with Crippen molar-refractivity contribution in [1.29, 1.82) is 5.26 Å². The fourth-order valence-corrected chi connectivity index (χ4v) is 4.91. The quantitative estimate of drug-likeness (QED) is 0.438. The van der Waals surface area contributed by atoms with E-state index in [-0.39, 0.29) is 17.0 Å². The van der Waals surface area contributed by atoms with Crippen LogP contribution in [-0.2, 0) is 4.74 Å². The molecule has 2 aromatic carbocycles. The van der Waals surface area contributed by atoms with Gasteiger partial charge in [-0.15, -0.1) is 0 Å². The minimum absolute atomic E-state index is 0.0515. The number of morpholine rings is 1. The Hall–Kier alpha value is -4.55. The number of pyridine rings is 1. The molecule has 2 aromatic heterocycles. The average Bonchev–Trinajstić information content (AvgIpc) is 2.92. The highest BCUT2D eigenvalue weighted by Gasteiger charge is 2.38. The van der Waals surface area contributed by atoms with Gasteiger partial charge in [0, 0.05) is 24.0 Å². The normalized spacial score (nSPS) is 17.6. The number of anilines is 1. The number of nitriles is 1. The van der Waals surface area contributed by atoms with Gasteiger partial charge in [0.25, 0.3) is 0 Å². The van der Waals surface area contributed by atoms with Crippen molar-refractivity contribution in [2.45, 2.75) is 5.92 Å². The first-order valence-corrected chi connectivity index (χ1v) is 11.5. The summed E-state index contributed by atoms with van der Waals surface area (Å²) in [5.74, 6) is 0.733. The van der Waals surface area contributed by atoms with E-state index in [0.29, 0.717) is 60.2 Å². The molecule has 0 saturated carbocycles. The predicted molar refractivity (Wildman–Crippen MR) is 133 cm³/mol. The van der Waals surface area contributed by atoms with Crippen molar-refractivity contribution in [1.82, 2.24) is 4.98 Å². The number of allylic oxidation sites excluding steroid dienone is 1. The number of nitrogens with two attached hydrogens (primary N) is 1. The molecule has 0 spiro atoms. The number of rotatable bonds is 3. The predicted octanol–water partition coefficient (Wildman–Crippen LogP) is 3.40. The van der Waals surface area contributed by atoms with Gasteiger partial charge >= 0.3 is 5.63 Å². The maximum absolute atomic E-state index is 13.4. The van der Waals surface area contributed by atoms with E-state index in [1.807, 2.05) is 30.3 Å². The molecule has 4 aromatic rings. The number of aromatic nitrogens is 1. The number of hydrogen-bond donors (Lipinski definition) is 1. The number of para-hydroxylation sites is 1. The van der Waals surface area contributed by atoms with E-state index < -0.39 is 11.5 Å². The molecule has 9 nitrogen and oxygen atoms in total. The van der Waals surface area contributed by atoms with Crippen LogP contribution >= 0.6 is 0 Å². The first-order chi connectivity index (χ1) is 17.6. The number of methoxy groups -OCH3 is 1. The fourth-order valence-electron chi connectivity index (χ4n) is 4.91. The molecule has 6 rings (SSSR count). The van der Waals surface area contributed by atoms with Crippen LogP contribution in [0.15, 0.2) is 69.2 Å². The van der Waals surface area contributed by atoms with Gasteiger partial charge in [0.05, 0.1) is 42.7 Å². The summed E-state index contributed by atoms with van der Waals surface area (Å²) in [7, 11) is 1.60. The second kappa shape index (κ2) is 8.59. The lowest BCUT2D eigenvalue weighted by Gasteiger charge is -2.33. The maximum atomic E-state index is 13.4. The van der Waals surface area contributed by atoms with E-state index >= 15 is 0 Å².